The lowest BCUT2D eigenvalue weighted by Gasteiger charge is -2.07. The van der Waals surface area contributed by atoms with Crippen LogP contribution < -0.4 is 11.1 Å². The number of nitrogens with one attached hydrogen (secondary N) is 1. The molecule has 1 aromatic heterocycles. The van der Waals surface area contributed by atoms with Gasteiger partial charge in [0.2, 0.25) is 11.8 Å². The van der Waals surface area contributed by atoms with Crippen LogP contribution in [-0.4, -0.2) is 23.4 Å². The van der Waals surface area contributed by atoms with Gasteiger partial charge in [0, 0.05) is 17.9 Å². The SMILES string of the molecule is CC(=O)Nc1nc(-c2ccccc2COCC(N)=O)cs1. The van der Waals surface area contributed by atoms with E-state index in [2.05, 4.69) is 10.3 Å². The molecule has 0 unspecified atom stereocenters. The van der Waals surface area contributed by atoms with Crippen molar-refractivity contribution in [1.82, 2.24) is 4.98 Å². The second-order valence-corrected chi connectivity index (χ2v) is 5.19. The molecule has 2 rings (SSSR count). The van der Waals surface area contributed by atoms with E-state index in [0.717, 1.165) is 16.8 Å². The summed E-state index contributed by atoms with van der Waals surface area (Å²) >= 11 is 1.35. The number of carbonyl (C=O) groups is 2. The fourth-order valence-corrected chi connectivity index (χ4v) is 2.52. The van der Waals surface area contributed by atoms with Crippen molar-refractivity contribution in [3.63, 3.8) is 0 Å². The van der Waals surface area contributed by atoms with E-state index in [9.17, 15) is 9.59 Å². The van der Waals surface area contributed by atoms with Gasteiger partial charge < -0.3 is 15.8 Å². The molecular formula is C14H15N3O3S. The molecule has 0 fully saturated rings. The maximum atomic E-state index is 11.0. The number of benzene rings is 1. The first kappa shape index (κ1) is 15.1. The average molecular weight is 305 g/mol. The molecule has 2 amide bonds. The smallest absolute Gasteiger partial charge is 0.243 e. The predicted octanol–water partition coefficient (Wildman–Crippen LogP) is 1.77. The van der Waals surface area contributed by atoms with Gasteiger partial charge >= 0.3 is 0 Å². The Kier molecular flexibility index (Phi) is 5.02. The van der Waals surface area contributed by atoms with Crippen LogP contribution in [0.2, 0.25) is 0 Å². The Labute approximate surface area is 125 Å². The van der Waals surface area contributed by atoms with E-state index < -0.39 is 5.91 Å². The number of amides is 2. The molecule has 2 aromatic rings. The van der Waals surface area contributed by atoms with Crippen molar-refractivity contribution >= 4 is 28.3 Å². The third kappa shape index (κ3) is 4.37. The molecule has 6 nitrogen and oxygen atoms in total. The van der Waals surface area contributed by atoms with Gasteiger partial charge in [-0.2, -0.15) is 0 Å². The van der Waals surface area contributed by atoms with Gasteiger partial charge in [0.15, 0.2) is 5.13 Å². The number of aromatic nitrogens is 1. The van der Waals surface area contributed by atoms with Crippen LogP contribution in [0.1, 0.15) is 12.5 Å². The van der Waals surface area contributed by atoms with Gasteiger partial charge in [0.25, 0.3) is 0 Å². The van der Waals surface area contributed by atoms with Crippen molar-refractivity contribution in [2.75, 3.05) is 11.9 Å². The Bertz CT molecular complexity index is 654. The summed E-state index contributed by atoms with van der Waals surface area (Å²) in [6.45, 7) is 1.58. The zero-order valence-electron chi connectivity index (χ0n) is 11.5. The van der Waals surface area contributed by atoms with E-state index in [1.807, 2.05) is 29.6 Å². The molecule has 0 radical (unpaired) electrons. The van der Waals surface area contributed by atoms with Crippen molar-refractivity contribution in [2.45, 2.75) is 13.5 Å². The molecule has 0 saturated carbocycles. The minimum absolute atomic E-state index is 0.122. The first-order valence-electron chi connectivity index (χ1n) is 6.23. The van der Waals surface area contributed by atoms with E-state index in [1.54, 1.807) is 0 Å². The molecular weight excluding hydrogens is 290 g/mol. The van der Waals surface area contributed by atoms with Gasteiger partial charge in [-0.1, -0.05) is 24.3 Å². The number of carbonyl (C=O) groups excluding carboxylic acids is 2. The Hall–Kier alpha value is -2.25. The van der Waals surface area contributed by atoms with E-state index in [4.69, 9.17) is 10.5 Å². The third-order valence-corrected chi connectivity index (χ3v) is 3.34. The monoisotopic (exact) mass is 305 g/mol. The Morgan fingerprint density at radius 2 is 2.14 bits per heavy atom. The molecule has 3 N–H and O–H groups in total. The fourth-order valence-electron chi connectivity index (χ4n) is 1.76. The molecule has 0 atom stereocenters. The van der Waals surface area contributed by atoms with Crippen LogP contribution >= 0.6 is 11.3 Å². The number of nitrogens with zero attached hydrogens (tertiary/aromatic N) is 1. The highest BCUT2D eigenvalue weighted by Crippen LogP contribution is 2.28. The molecule has 21 heavy (non-hydrogen) atoms. The van der Waals surface area contributed by atoms with E-state index in [0.29, 0.717) is 5.13 Å². The number of hydrogen-bond acceptors (Lipinski definition) is 5. The van der Waals surface area contributed by atoms with Crippen molar-refractivity contribution in [3.8, 4) is 11.3 Å². The molecule has 1 heterocycles. The summed E-state index contributed by atoms with van der Waals surface area (Å²) < 4.78 is 5.25. The second kappa shape index (κ2) is 6.96. The largest absolute Gasteiger partial charge is 0.368 e. The molecule has 0 bridgehead atoms. The van der Waals surface area contributed by atoms with Crippen molar-refractivity contribution < 1.29 is 14.3 Å². The minimum Gasteiger partial charge on any atom is -0.368 e. The highest BCUT2D eigenvalue weighted by atomic mass is 32.1. The van der Waals surface area contributed by atoms with Crippen molar-refractivity contribution in [3.05, 3.63) is 35.2 Å². The van der Waals surface area contributed by atoms with Crippen LogP contribution in [0.5, 0.6) is 0 Å². The fraction of sp³-hybridized carbons (Fsp3) is 0.214. The maximum absolute atomic E-state index is 11.0. The van der Waals surface area contributed by atoms with Crippen molar-refractivity contribution in [2.24, 2.45) is 5.73 Å². The Morgan fingerprint density at radius 1 is 1.38 bits per heavy atom. The zero-order valence-corrected chi connectivity index (χ0v) is 12.3. The van der Waals surface area contributed by atoms with E-state index >= 15 is 0 Å². The summed E-state index contributed by atoms with van der Waals surface area (Å²) in [6, 6.07) is 7.58. The van der Waals surface area contributed by atoms with Crippen LogP contribution in [0, 0.1) is 0 Å². The van der Waals surface area contributed by atoms with Gasteiger partial charge in [0.05, 0.1) is 12.3 Å². The minimum atomic E-state index is -0.505. The van der Waals surface area contributed by atoms with Gasteiger partial charge in [-0.15, -0.1) is 11.3 Å². The Morgan fingerprint density at radius 3 is 2.86 bits per heavy atom. The number of thiazole rings is 1. The lowest BCUT2D eigenvalue weighted by molar-refractivity contribution is -0.122. The first-order chi connectivity index (χ1) is 10.1. The van der Waals surface area contributed by atoms with Gasteiger partial charge in [-0.3, -0.25) is 9.59 Å². The zero-order chi connectivity index (χ0) is 15.2. The second-order valence-electron chi connectivity index (χ2n) is 4.34. The number of ether oxygens (including phenoxy) is 1. The van der Waals surface area contributed by atoms with Gasteiger partial charge in [-0.25, -0.2) is 4.98 Å². The normalized spacial score (nSPS) is 10.3. The standard InChI is InChI=1S/C14H15N3O3S/c1-9(18)16-14-17-12(8-21-14)11-5-3-2-4-10(11)6-20-7-13(15)19/h2-5,8H,6-7H2,1H3,(H2,15,19)(H,16,17,18). The number of primary amides is 1. The maximum Gasteiger partial charge on any atom is 0.243 e. The summed E-state index contributed by atoms with van der Waals surface area (Å²) in [4.78, 5) is 26.1. The predicted molar refractivity (Wildman–Crippen MR) is 80.7 cm³/mol. The molecule has 0 aliphatic heterocycles. The van der Waals surface area contributed by atoms with Crippen LogP contribution in [0.15, 0.2) is 29.6 Å². The number of hydrogen-bond donors (Lipinski definition) is 2. The number of nitrogens with two attached hydrogens (primary N) is 1. The quantitative estimate of drug-likeness (QED) is 0.850. The Balaban J connectivity index is 2.17. The van der Waals surface area contributed by atoms with E-state index in [1.165, 1.54) is 18.3 Å². The molecule has 0 aliphatic carbocycles. The summed E-state index contributed by atoms with van der Waals surface area (Å²) in [7, 11) is 0. The molecule has 110 valence electrons. The molecule has 0 spiro atoms. The number of anilines is 1. The summed E-state index contributed by atoms with van der Waals surface area (Å²) in [5, 5.41) is 5.05. The molecule has 1 aromatic carbocycles. The lowest BCUT2D eigenvalue weighted by Crippen LogP contribution is -2.18. The topological polar surface area (TPSA) is 94.3 Å². The highest BCUT2D eigenvalue weighted by Gasteiger charge is 2.10. The van der Waals surface area contributed by atoms with Crippen LogP contribution in [-0.2, 0) is 20.9 Å². The van der Waals surface area contributed by atoms with Gasteiger partial charge in [0.1, 0.15) is 6.61 Å². The number of rotatable bonds is 6. The third-order valence-electron chi connectivity index (χ3n) is 2.58. The van der Waals surface area contributed by atoms with Gasteiger partial charge in [-0.05, 0) is 5.56 Å². The van der Waals surface area contributed by atoms with Crippen LogP contribution in [0.3, 0.4) is 0 Å². The van der Waals surface area contributed by atoms with Crippen molar-refractivity contribution in [1.29, 1.82) is 0 Å². The molecule has 0 aliphatic rings. The summed E-state index contributed by atoms with van der Waals surface area (Å²) in [5.41, 5.74) is 7.59. The van der Waals surface area contributed by atoms with Crippen LogP contribution in [0.25, 0.3) is 11.3 Å². The van der Waals surface area contributed by atoms with Crippen LogP contribution in [0.4, 0.5) is 5.13 Å². The highest BCUT2D eigenvalue weighted by molar-refractivity contribution is 7.14. The average Bonchev–Trinajstić information content (AvgIpc) is 2.86. The molecule has 7 heteroatoms. The first-order valence-corrected chi connectivity index (χ1v) is 7.11. The molecule has 0 saturated heterocycles. The summed E-state index contributed by atoms with van der Waals surface area (Å²) in [5.74, 6) is -0.664. The lowest BCUT2D eigenvalue weighted by atomic mass is 10.1. The van der Waals surface area contributed by atoms with E-state index in [-0.39, 0.29) is 19.1 Å². The summed E-state index contributed by atoms with van der Waals surface area (Å²) in [6.07, 6.45) is 0.